The van der Waals surface area contributed by atoms with E-state index in [9.17, 15) is 0 Å². The number of nitrogens with two attached hydrogens (primary N) is 1. The topological polar surface area (TPSA) is 53.7 Å². The highest BCUT2D eigenvalue weighted by molar-refractivity contribution is 5.53. The van der Waals surface area contributed by atoms with Gasteiger partial charge in [0.25, 0.3) is 0 Å². The SMILES string of the molecule is CC(OCc1cc(N)cc2c1OCOC2)c1ccccc1. The van der Waals surface area contributed by atoms with Crippen LogP contribution in [-0.2, 0) is 22.7 Å². The highest BCUT2D eigenvalue weighted by atomic mass is 16.7. The van der Waals surface area contributed by atoms with Crippen LogP contribution in [0.25, 0.3) is 0 Å². The zero-order valence-electron chi connectivity index (χ0n) is 12.0. The molecule has 4 nitrogen and oxygen atoms in total. The van der Waals surface area contributed by atoms with Crippen molar-refractivity contribution in [2.45, 2.75) is 26.2 Å². The first-order valence-corrected chi connectivity index (χ1v) is 7.02. The molecule has 0 amide bonds. The second kappa shape index (κ2) is 6.16. The molecule has 2 aromatic carbocycles. The standard InChI is InChI=1S/C17H19NO3/c1-12(13-5-3-2-4-6-13)20-10-15-8-16(18)7-14-9-19-11-21-17(14)15/h2-8,12H,9-11,18H2,1H3. The normalized spacial score (nSPS) is 15.1. The van der Waals surface area contributed by atoms with E-state index in [-0.39, 0.29) is 12.9 Å². The van der Waals surface area contributed by atoms with Crippen molar-refractivity contribution < 1.29 is 14.2 Å². The Morgan fingerprint density at radius 3 is 2.86 bits per heavy atom. The third kappa shape index (κ3) is 3.17. The van der Waals surface area contributed by atoms with E-state index >= 15 is 0 Å². The lowest BCUT2D eigenvalue weighted by Gasteiger charge is -2.22. The predicted octanol–water partition coefficient (Wildman–Crippen LogP) is 3.41. The van der Waals surface area contributed by atoms with Gasteiger partial charge in [0.05, 0.1) is 19.3 Å². The number of hydrogen-bond donors (Lipinski definition) is 1. The Morgan fingerprint density at radius 2 is 2.05 bits per heavy atom. The van der Waals surface area contributed by atoms with Gasteiger partial charge in [-0.1, -0.05) is 30.3 Å². The molecular formula is C17H19NO3. The number of benzene rings is 2. The smallest absolute Gasteiger partial charge is 0.189 e. The van der Waals surface area contributed by atoms with Crippen LogP contribution in [0.4, 0.5) is 5.69 Å². The quantitative estimate of drug-likeness (QED) is 0.875. The van der Waals surface area contributed by atoms with E-state index in [1.807, 2.05) is 37.3 Å². The summed E-state index contributed by atoms with van der Waals surface area (Å²) in [5.41, 5.74) is 9.74. The summed E-state index contributed by atoms with van der Waals surface area (Å²) >= 11 is 0. The number of ether oxygens (including phenoxy) is 3. The molecule has 2 aromatic rings. The Bertz CT molecular complexity index is 613. The first kappa shape index (κ1) is 13.9. The average Bonchev–Trinajstić information content (AvgIpc) is 2.53. The summed E-state index contributed by atoms with van der Waals surface area (Å²) in [6.45, 7) is 3.31. The molecule has 0 aliphatic carbocycles. The van der Waals surface area contributed by atoms with Crippen molar-refractivity contribution in [2.24, 2.45) is 0 Å². The summed E-state index contributed by atoms with van der Waals surface area (Å²) in [5.74, 6) is 0.843. The van der Waals surface area contributed by atoms with Crippen LogP contribution in [0.15, 0.2) is 42.5 Å². The fourth-order valence-electron chi connectivity index (χ4n) is 2.47. The number of rotatable bonds is 4. The maximum atomic E-state index is 5.96. The van der Waals surface area contributed by atoms with Crippen molar-refractivity contribution in [1.29, 1.82) is 0 Å². The number of nitrogen functional groups attached to an aromatic ring is 1. The predicted molar refractivity (Wildman–Crippen MR) is 80.8 cm³/mol. The van der Waals surface area contributed by atoms with Gasteiger partial charge in [-0.25, -0.2) is 0 Å². The Kier molecular flexibility index (Phi) is 4.08. The lowest BCUT2D eigenvalue weighted by atomic mass is 10.1. The fourth-order valence-corrected chi connectivity index (χ4v) is 2.47. The van der Waals surface area contributed by atoms with Gasteiger partial charge in [0.2, 0.25) is 0 Å². The zero-order valence-corrected chi connectivity index (χ0v) is 12.0. The van der Waals surface area contributed by atoms with Gasteiger partial charge in [-0.2, -0.15) is 0 Å². The third-order valence-corrected chi connectivity index (χ3v) is 3.57. The summed E-state index contributed by atoms with van der Waals surface area (Å²) in [5, 5.41) is 0. The molecule has 0 radical (unpaired) electrons. The van der Waals surface area contributed by atoms with Crippen LogP contribution in [0.5, 0.6) is 5.75 Å². The van der Waals surface area contributed by atoms with Crippen molar-refractivity contribution in [3.8, 4) is 5.75 Å². The minimum Gasteiger partial charge on any atom is -0.467 e. The van der Waals surface area contributed by atoms with Crippen molar-refractivity contribution in [3.05, 3.63) is 59.2 Å². The van der Waals surface area contributed by atoms with E-state index in [1.54, 1.807) is 0 Å². The monoisotopic (exact) mass is 285 g/mol. The molecule has 0 spiro atoms. The van der Waals surface area contributed by atoms with Crippen LogP contribution in [0.2, 0.25) is 0 Å². The summed E-state index contributed by atoms with van der Waals surface area (Å²) in [7, 11) is 0. The molecule has 0 fully saturated rings. The van der Waals surface area contributed by atoms with Gasteiger partial charge in [-0.3, -0.25) is 0 Å². The van der Waals surface area contributed by atoms with Crippen molar-refractivity contribution >= 4 is 5.69 Å². The van der Waals surface area contributed by atoms with Gasteiger partial charge in [-0.05, 0) is 24.6 Å². The molecule has 1 heterocycles. The minimum absolute atomic E-state index is 0.0168. The molecule has 1 aliphatic heterocycles. The van der Waals surface area contributed by atoms with E-state index in [0.717, 1.165) is 22.4 Å². The van der Waals surface area contributed by atoms with E-state index < -0.39 is 0 Å². The van der Waals surface area contributed by atoms with E-state index in [4.69, 9.17) is 19.9 Å². The largest absolute Gasteiger partial charge is 0.467 e. The highest BCUT2D eigenvalue weighted by Gasteiger charge is 2.17. The second-order valence-corrected chi connectivity index (χ2v) is 5.14. The molecule has 0 saturated carbocycles. The third-order valence-electron chi connectivity index (χ3n) is 3.57. The lowest BCUT2D eigenvalue weighted by molar-refractivity contribution is -0.0196. The molecule has 1 aliphatic rings. The molecule has 1 unspecified atom stereocenters. The van der Waals surface area contributed by atoms with Crippen molar-refractivity contribution in [2.75, 3.05) is 12.5 Å². The maximum Gasteiger partial charge on any atom is 0.189 e. The molecule has 0 aromatic heterocycles. The molecule has 21 heavy (non-hydrogen) atoms. The van der Waals surface area contributed by atoms with Gasteiger partial charge in [0, 0.05) is 16.8 Å². The molecule has 0 saturated heterocycles. The van der Waals surface area contributed by atoms with Crippen molar-refractivity contribution in [3.63, 3.8) is 0 Å². The van der Waals surface area contributed by atoms with Crippen LogP contribution in [0, 0.1) is 0 Å². The van der Waals surface area contributed by atoms with Crippen LogP contribution in [0.1, 0.15) is 29.7 Å². The van der Waals surface area contributed by atoms with Crippen molar-refractivity contribution in [1.82, 2.24) is 0 Å². The van der Waals surface area contributed by atoms with Crippen LogP contribution < -0.4 is 10.5 Å². The van der Waals surface area contributed by atoms with Crippen LogP contribution in [0.3, 0.4) is 0 Å². The Balaban J connectivity index is 1.75. The molecule has 110 valence electrons. The zero-order chi connectivity index (χ0) is 14.7. The fraction of sp³-hybridized carbons (Fsp3) is 0.294. The van der Waals surface area contributed by atoms with E-state index in [0.29, 0.717) is 18.9 Å². The molecule has 4 heteroatoms. The van der Waals surface area contributed by atoms with Gasteiger partial charge in [0.15, 0.2) is 6.79 Å². The number of anilines is 1. The molecular weight excluding hydrogens is 266 g/mol. The van der Waals surface area contributed by atoms with Crippen LogP contribution in [-0.4, -0.2) is 6.79 Å². The molecule has 3 rings (SSSR count). The molecule has 1 atom stereocenters. The summed E-state index contributed by atoms with van der Waals surface area (Å²) in [6.07, 6.45) is 0.0168. The van der Waals surface area contributed by atoms with Gasteiger partial charge >= 0.3 is 0 Å². The summed E-state index contributed by atoms with van der Waals surface area (Å²) in [4.78, 5) is 0. The Labute approximate surface area is 124 Å². The second-order valence-electron chi connectivity index (χ2n) is 5.14. The highest BCUT2D eigenvalue weighted by Crippen LogP contribution is 2.32. The summed E-state index contributed by atoms with van der Waals surface area (Å²) in [6, 6.07) is 13.9. The number of fused-ring (bicyclic) bond motifs is 1. The van der Waals surface area contributed by atoms with E-state index in [2.05, 4.69) is 12.1 Å². The average molecular weight is 285 g/mol. The molecule has 2 N–H and O–H groups in total. The van der Waals surface area contributed by atoms with E-state index in [1.165, 1.54) is 0 Å². The number of hydrogen-bond acceptors (Lipinski definition) is 4. The summed E-state index contributed by atoms with van der Waals surface area (Å²) < 4.78 is 16.8. The Morgan fingerprint density at radius 1 is 1.24 bits per heavy atom. The van der Waals surface area contributed by atoms with Gasteiger partial charge < -0.3 is 19.9 Å². The lowest BCUT2D eigenvalue weighted by Crippen LogP contribution is -2.14. The first-order valence-electron chi connectivity index (χ1n) is 7.02. The van der Waals surface area contributed by atoms with Crippen LogP contribution >= 0.6 is 0 Å². The first-order chi connectivity index (χ1) is 10.2. The van der Waals surface area contributed by atoms with Gasteiger partial charge in [-0.15, -0.1) is 0 Å². The minimum atomic E-state index is 0.0168. The maximum absolute atomic E-state index is 5.96. The molecule has 0 bridgehead atoms. The van der Waals surface area contributed by atoms with Gasteiger partial charge in [0.1, 0.15) is 5.75 Å². The Hall–Kier alpha value is -2.04.